The molecule has 1 saturated carbocycles. The lowest BCUT2D eigenvalue weighted by Gasteiger charge is -2.31. The highest BCUT2D eigenvalue weighted by Gasteiger charge is 2.42. The van der Waals surface area contributed by atoms with Gasteiger partial charge in [0.2, 0.25) is 0 Å². The molecule has 3 heterocycles. The first-order valence-electron chi connectivity index (χ1n) is 22.0. The summed E-state index contributed by atoms with van der Waals surface area (Å²) in [5, 5.41) is 9.76. The lowest BCUT2D eigenvalue weighted by atomic mass is 9.75. The SMILES string of the molecule is O=C(Oc1cnc2c(c1)cc1c3c(cccc32)CC1)C1CC(C(=O)Oc2cnc3c(c2)cc2c4c(cccc43)CC2)CC(C(=O)Oc2cnc3c(c2)cc2c4c(cccc43)CC2)C1. The molecule has 0 unspecified atom stereocenters. The molecule has 0 spiro atoms. The molecule has 0 atom stereocenters. The van der Waals surface area contributed by atoms with E-state index in [0.29, 0.717) is 17.2 Å². The Kier molecular flexibility index (Phi) is 8.02. The van der Waals surface area contributed by atoms with E-state index in [1.807, 2.05) is 18.2 Å². The molecule has 0 amide bonds. The topological polar surface area (TPSA) is 118 Å². The Hall–Kier alpha value is -7.26. The number of ether oxygens (including phenoxy) is 3. The second kappa shape index (κ2) is 13.9. The van der Waals surface area contributed by atoms with E-state index in [2.05, 4.69) is 72.8 Å². The van der Waals surface area contributed by atoms with Gasteiger partial charge in [0.15, 0.2) is 0 Å². The van der Waals surface area contributed by atoms with E-state index in [-0.39, 0.29) is 19.3 Å². The fourth-order valence-electron chi connectivity index (χ4n) is 11.4. The maximum absolute atomic E-state index is 14.2. The molecule has 0 N–H and O–H groups in total. The fourth-order valence-corrected chi connectivity index (χ4v) is 11.4. The molecule has 9 nitrogen and oxygen atoms in total. The zero-order valence-corrected chi connectivity index (χ0v) is 34.3. The van der Waals surface area contributed by atoms with Crippen LogP contribution in [0, 0.1) is 17.8 Å². The second-order valence-corrected chi connectivity index (χ2v) is 17.9. The van der Waals surface area contributed by atoms with Gasteiger partial charge in [-0.05, 0) is 144 Å². The number of nitrogens with zero attached hydrogens (tertiary/aromatic N) is 3. The molecule has 13 rings (SSSR count). The van der Waals surface area contributed by atoms with Crippen molar-refractivity contribution in [2.24, 2.45) is 17.8 Å². The minimum atomic E-state index is -0.791. The van der Waals surface area contributed by atoms with Gasteiger partial charge in [-0.2, -0.15) is 0 Å². The maximum Gasteiger partial charge on any atom is 0.314 e. The zero-order chi connectivity index (χ0) is 41.9. The number of hydrogen-bond acceptors (Lipinski definition) is 9. The molecule has 6 aromatic carbocycles. The molecule has 63 heavy (non-hydrogen) atoms. The second-order valence-electron chi connectivity index (χ2n) is 17.9. The first-order chi connectivity index (χ1) is 30.9. The van der Waals surface area contributed by atoms with Crippen molar-refractivity contribution in [1.82, 2.24) is 15.0 Å². The quantitative estimate of drug-likeness (QED) is 0.119. The molecular weight excluding hydrogens is 787 g/mol. The Bertz CT molecular complexity index is 3150. The number of benzene rings is 6. The van der Waals surface area contributed by atoms with E-state index >= 15 is 0 Å². The summed E-state index contributed by atoms with van der Waals surface area (Å²) in [5.41, 5.74) is 10.4. The van der Waals surface area contributed by atoms with Crippen molar-refractivity contribution in [3.05, 3.63) is 143 Å². The van der Waals surface area contributed by atoms with Crippen molar-refractivity contribution in [2.45, 2.75) is 57.8 Å². The van der Waals surface area contributed by atoms with E-state index in [4.69, 9.17) is 29.2 Å². The third kappa shape index (κ3) is 5.89. The molecule has 0 aliphatic heterocycles. The van der Waals surface area contributed by atoms with Gasteiger partial charge in [0.25, 0.3) is 0 Å². The summed E-state index contributed by atoms with van der Waals surface area (Å²) in [6.45, 7) is 0. The normalized spacial score (nSPS) is 18.6. The van der Waals surface area contributed by atoms with Gasteiger partial charge >= 0.3 is 17.9 Å². The van der Waals surface area contributed by atoms with Crippen LogP contribution in [0.15, 0.2) is 110 Å². The standard InChI is InChI=1S/C54H39N3O6/c58-52(61-40-22-34-16-31-13-10-28-4-1-7-43(46(28)31)49(34)55-25-40)37-19-38(53(59)62-41-23-35-17-32-14-11-29-5-2-8-44(47(29)32)50(35)56-26-41)21-39(20-37)54(60)63-42-24-36-18-33-15-12-30-6-3-9-45(48(30)33)51(36)57-27-42/h1-9,16-18,22-27,37-39H,10-15,19-21H2. The van der Waals surface area contributed by atoms with Gasteiger partial charge in [-0.3, -0.25) is 29.3 Å². The molecule has 1 fully saturated rings. The van der Waals surface area contributed by atoms with Crippen LogP contribution in [-0.4, -0.2) is 32.9 Å². The van der Waals surface area contributed by atoms with Crippen LogP contribution in [0.2, 0.25) is 0 Å². The number of fused-ring (bicyclic) bond motifs is 6. The average Bonchev–Trinajstić information content (AvgIpc) is 4.05. The number of esters is 3. The number of pyridine rings is 3. The summed E-state index contributed by atoms with van der Waals surface area (Å²) >= 11 is 0. The molecule has 3 aromatic heterocycles. The van der Waals surface area contributed by atoms with E-state index in [9.17, 15) is 14.4 Å². The Balaban J connectivity index is 0.795. The summed E-state index contributed by atoms with van der Waals surface area (Å²) < 4.78 is 18.1. The van der Waals surface area contributed by atoms with Crippen LogP contribution in [0.4, 0.5) is 0 Å². The Morgan fingerprint density at radius 3 is 1.02 bits per heavy atom. The highest BCUT2D eigenvalue weighted by Crippen LogP contribution is 2.41. The van der Waals surface area contributed by atoms with Gasteiger partial charge in [-0.1, -0.05) is 54.6 Å². The minimum Gasteiger partial charge on any atom is -0.425 e. The molecular formula is C54H39N3O6. The van der Waals surface area contributed by atoms with Crippen LogP contribution in [0.3, 0.4) is 0 Å². The number of hydrogen-bond donors (Lipinski definition) is 0. The van der Waals surface area contributed by atoms with Gasteiger partial charge in [-0.25, -0.2) is 0 Å². The van der Waals surface area contributed by atoms with Crippen LogP contribution in [0.1, 0.15) is 52.6 Å². The smallest absolute Gasteiger partial charge is 0.314 e. The van der Waals surface area contributed by atoms with Crippen LogP contribution in [0.5, 0.6) is 17.2 Å². The highest BCUT2D eigenvalue weighted by atomic mass is 16.5. The zero-order valence-electron chi connectivity index (χ0n) is 34.3. The molecule has 306 valence electrons. The molecule has 0 bridgehead atoms. The molecule has 0 radical (unpaired) electrons. The first-order valence-corrected chi connectivity index (χ1v) is 22.0. The van der Waals surface area contributed by atoms with Crippen LogP contribution < -0.4 is 14.2 Å². The maximum atomic E-state index is 14.2. The molecule has 4 aliphatic rings. The molecule has 4 aliphatic carbocycles. The van der Waals surface area contributed by atoms with Crippen molar-refractivity contribution in [2.75, 3.05) is 0 Å². The third-order valence-electron chi connectivity index (χ3n) is 14.2. The van der Waals surface area contributed by atoms with E-state index in [0.717, 1.165) is 87.4 Å². The van der Waals surface area contributed by atoms with Crippen LogP contribution >= 0.6 is 0 Å². The van der Waals surface area contributed by atoms with Crippen molar-refractivity contribution >= 4 is 82.9 Å². The summed E-state index contributed by atoms with van der Waals surface area (Å²) in [6, 6.07) is 31.0. The number of aromatic nitrogens is 3. The van der Waals surface area contributed by atoms with Gasteiger partial charge < -0.3 is 14.2 Å². The fraction of sp³-hybridized carbons (Fsp3) is 0.222. The van der Waals surface area contributed by atoms with Gasteiger partial charge in [0, 0.05) is 32.3 Å². The van der Waals surface area contributed by atoms with Crippen molar-refractivity contribution in [1.29, 1.82) is 0 Å². The van der Waals surface area contributed by atoms with Gasteiger partial charge in [-0.15, -0.1) is 0 Å². The lowest BCUT2D eigenvalue weighted by Crippen LogP contribution is -2.39. The first kappa shape index (κ1) is 36.4. The largest absolute Gasteiger partial charge is 0.425 e. The van der Waals surface area contributed by atoms with E-state index < -0.39 is 35.7 Å². The highest BCUT2D eigenvalue weighted by molar-refractivity contribution is 6.11. The Labute approximate surface area is 361 Å². The predicted octanol–water partition coefficient (Wildman–Crippen LogP) is 10.2. The van der Waals surface area contributed by atoms with Crippen LogP contribution in [-0.2, 0) is 52.9 Å². The summed E-state index contributed by atoms with van der Waals surface area (Å²) in [5.74, 6) is -3.04. The lowest BCUT2D eigenvalue weighted by molar-refractivity contribution is -0.150. The number of rotatable bonds is 6. The third-order valence-corrected chi connectivity index (χ3v) is 14.2. The average molecular weight is 826 g/mol. The van der Waals surface area contributed by atoms with Crippen molar-refractivity contribution in [3.63, 3.8) is 0 Å². The molecule has 0 saturated heterocycles. The summed E-state index contributed by atoms with van der Waals surface area (Å²) in [7, 11) is 0. The van der Waals surface area contributed by atoms with Gasteiger partial charge in [0.05, 0.1) is 52.9 Å². The number of aryl methyl sites for hydroxylation is 6. The molecule has 9 aromatic rings. The minimum absolute atomic E-state index is 0.147. The molecule has 9 heteroatoms. The number of carbonyl (C=O) groups is 3. The monoisotopic (exact) mass is 825 g/mol. The van der Waals surface area contributed by atoms with Crippen molar-refractivity contribution in [3.8, 4) is 17.2 Å². The number of carbonyl (C=O) groups excluding carboxylic acids is 3. The predicted molar refractivity (Wildman–Crippen MR) is 241 cm³/mol. The van der Waals surface area contributed by atoms with Gasteiger partial charge in [0.1, 0.15) is 17.2 Å². The Morgan fingerprint density at radius 2 is 0.698 bits per heavy atom. The van der Waals surface area contributed by atoms with Crippen molar-refractivity contribution < 1.29 is 28.6 Å². The van der Waals surface area contributed by atoms with E-state index in [1.54, 1.807) is 18.6 Å². The summed E-state index contributed by atoms with van der Waals surface area (Å²) in [4.78, 5) is 56.8. The van der Waals surface area contributed by atoms with E-state index in [1.165, 1.54) is 49.5 Å². The van der Waals surface area contributed by atoms with Crippen LogP contribution in [0.25, 0.3) is 65.0 Å². The Morgan fingerprint density at radius 1 is 0.397 bits per heavy atom. The summed E-state index contributed by atoms with van der Waals surface area (Å²) in [6.07, 6.45) is 11.0.